The molecule has 3 rings (SSSR count). The average molecular weight is 327 g/mol. The van der Waals surface area contributed by atoms with Gasteiger partial charge in [0.1, 0.15) is 11.8 Å². The van der Waals surface area contributed by atoms with Crippen LogP contribution in [0.1, 0.15) is 5.56 Å². The zero-order valence-electron chi connectivity index (χ0n) is 10.7. The van der Waals surface area contributed by atoms with Crippen molar-refractivity contribution in [3.63, 3.8) is 0 Å². The number of hydrogen-bond acceptors (Lipinski definition) is 5. The van der Waals surface area contributed by atoms with Gasteiger partial charge in [0.05, 0.1) is 4.90 Å². The molecule has 0 saturated carbocycles. The van der Waals surface area contributed by atoms with Crippen molar-refractivity contribution in [3.05, 3.63) is 47.4 Å². The van der Waals surface area contributed by atoms with Gasteiger partial charge < -0.3 is 0 Å². The van der Waals surface area contributed by atoms with Crippen LogP contribution in [0.4, 0.5) is 4.39 Å². The van der Waals surface area contributed by atoms with E-state index in [4.69, 9.17) is 11.6 Å². The highest BCUT2D eigenvalue weighted by Gasteiger charge is 2.22. The van der Waals surface area contributed by atoms with Crippen LogP contribution < -0.4 is 0 Å². The second-order valence-corrected chi connectivity index (χ2v) is 6.49. The van der Waals surface area contributed by atoms with E-state index < -0.39 is 16.1 Å². The van der Waals surface area contributed by atoms with Crippen LogP contribution in [-0.2, 0) is 10.0 Å². The molecule has 0 atom stereocenters. The second kappa shape index (κ2) is 4.74. The molecular formula is C12H8ClFN4O2S. The summed E-state index contributed by atoms with van der Waals surface area (Å²) in [4.78, 5) is 10.6. The Morgan fingerprint density at radius 2 is 1.86 bits per heavy atom. The number of benzene rings is 1. The number of hydrogen-bond donors (Lipinski definition) is 0. The van der Waals surface area contributed by atoms with E-state index in [9.17, 15) is 12.8 Å². The number of rotatable bonds is 2. The predicted molar refractivity (Wildman–Crippen MR) is 74.1 cm³/mol. The van der Waals surface area contributed by atoms with E-state index >= 15 is 0 Å². The normalized spacial score (nSPS) is 12.0. The van der Waals surface area contributed by atoms with Gasteiger partial charge in [0, 0.05) is 0 Å². The molecule has 21 heavy (non-hydrogen) atoms. The van der Waals surface area contributed by atoms with E-state index in [0.29, 0.717) is 0 Å². The van der Waals surface area contributed by atoms with E-state index in [1.165, 1.54) is 12.1 Å². The molecule has 0 fully saturated rings. The van der Waals surface area contributed by atoms with Crippen LogP contribution in [0.3, 0.4) is 0 Å². The number of nitrogens with zero attached hydrogens (tertiary/aromatic N) is 4. The molecule has 0 aliphatic rings. The van der Waals surface area contributed by atoms with Gasteiger partial charge in [0.15, 0.2) is 10.8 Å². The third kappa shape index (κ3) is 2.26. The quantitative estimate of drug-likeness (QED) is 0.532. The van der Waals surface area contributed by atoms with Gasteiger partial charge in [-0.1, -0.05) is 29.3 Å². The zero-order chi connectivity index (χ0) is 15.2. The summed E-state index contributed by atoms with van der Waals surface area (Å²) in [6.45, 7) is 1.84. The highest BCUT2D eigenvalue weighted by molar-refractivity contribution is 7.90. The maximum absolute atomic E-state index is 13.3. The molecule has 2 aromatic heterocycles. The van der Waals surface area contributed by atoms with Crippen LogP contribution in [0.2, 0.25) is 5.15 Å². The number of fused-ring (bicyclic) bond motifs is 1. The van der Waals surface area contributed by atoms with Crippen molar-refractivity contribution in [1.29, 1.82) is 0 Å². The van der Waals surface area contributed by atoms with Gasteiger partial charge in [0.2, 0.25) is 0 Å². The van der Waals surface area contributed by atoms with Gasteiger partial charge >= 0.3 is 6.08 Å². The summed E-state index contributed by atoms with van der Waals surface area (Å²) in [7, 11) is -3.93. The molecule has 0 bridgehead atoms. The topological polar surface area (TPSA) is 77.7 Å². The molecule has 0 aliphatic heterocycles. The Bertz CT molecular complexity index is 938. The molecular weight excluding hydrogens is 319 g/mol. The van der Waals surface area contributed by atoms with E-state index in [-0.39, 0.29) is 21.2 Å². The first-order valence-corrected chi connectivity index (χ1v) is 7.60. The van der Waals surface area contributed by atoms with E-state index in [1.807, 2.05) is 6.92 Å². The van der Waals surface area contributed by atoms with Crippen molar-refractivity contribution in [2.24, 2.45) is 0 Å². The summed E-state index contributed by atoms with van der Waals surface area (Å²) >= 11 is 5.73. The van der Waals surface area contributed by atoms with Crippen molar-refractivity contribution in [3.8, 4) is 0 Å². The van der Waals surface area contributed by atoms with Crippen molar-refractivity contribution in [1.82, 2.24) is 18.9 Å². The predicted octanol–water partition coefficient (Wildman–Crippen LogP) is 2.16. The number of aryl methyl sites for hydroxylation is 1. The minimum Gasteiger partial charge on any atom is -0.231 e. The molecule has 9 heteroatoms. The Kier molecular flexibility index (Phi) is 3.14. The fourth-order valence-corrected chi connectivity index (χ4v) is 3.26. The molecule has 3 aromatic rings. The molecule has 1 aromatic carbocycles. The standard InChI is InChI=1S/C12H8ClFN4O2S/c1-7-2-4-8(5-3-7)21(19,20)18-6-15-9-10(13)16-12(14)17-11(9)18/h2-6H,1H3. The van der Waals surface area contributed by atoms with Gasteiger partial charge in [-0.2, -0.15) is 14.4 Å². The van der Waals surface area contributed by atoms with Crippen molar-refractivity contribution in [2.45, 2.75) is 11.8 Å². The van der Waals surface area contributed by atoms with Crippen molar-refractivity contribution >= 4 is 32.8 Å². The van der Waals surface area contributed by atoms with Crippen molar-refractivity contribution < 1.29 is 12.8 Å². The third-order valence-corrected chi connectivity index (χ3v) is 4.79. The Labute approximate surface area is 124 Å². The molecule has 0 unspecified atom stereocenters. The highest BCUT2D eigenvalue weighted by Crippen LogP contribution is 2.23. The summed E-state index contributed by atoms with van der Waals surface area (Å²) < 4.78 is 39.1. The van der Waals surface area contributed by atoms with Crippen LogP contribution in [0.5, 0.6) is 0 Å². The first-order chi connectivity index (χ1) is 9.89. The minimum atomic E-state index is -3.93. The third-order valence-electron chi connectivity index (χ3n) is 2.87. The molecule has 6 nitrogen and oxygen atoms in total. The van der Waals surface area contributed by atoms with Crippen LogP contribution in [0.15, 0.2) is 35.5 Å². The van der Waals surface area contributed by atoms with Crippen LogP contribution in [0.25, 0.3) is 11.2 Å². The minimum absolute atomic E-state index is 0.0220. The Morgan fingerprint density at radius 1 is 1.19 bits per heavy atom. The second-order valence-electron chi connectivity index (χ2n) is 4.31. The van der Waals surface area contributed by atoms with Gasteiger partial charge in [-0.15, -0.1) is 0 Å². The van der Waals surface area contributed by atoms with Gasteiger partial charge in [-0.3, -0.25) is 0 Å². The summed E-state index contributed by atoms with van der Waals surface area (Å²) in [6.07, 6.45) is -0.0896. The number of imidazole rings is 1. The molecule has 0 saturated heterocycles. The molecule has 0 amide bonds. The van der Waals surface area contributed by atoms with Crippen LogP contribution >= 0.6 is 11.6 Å². The molecule has 2 heterocycles. The molecule has 0 N–H and O–H groups in total. The highest BCUT2D eigenvalue weighted by atomic mass is 35.5. The van der Waals surface area contributed by atoms with Gasteiger partial charge in [0.25, 0.3) is 10.0 Å². The Morgan fingerprint density at radius 3 is 2.52 bits per heavy atom. The summed E-state index contributed by atoms with van der Waals surface area (Å²) in [5.41, 5.74) is 0.739. The lowest BCUT2D eigenvalue weighted by molar-refractivity contribution is 0.543. The fourth-order valence-electron chi connectivity index (χ4n) is 1.82. The van der Waals surface area contributed by atoms with E-state index in [0.717, 1.165) is 15.9 Å². The van der Waals surface area contributed by atoms with Crippen LogP contribution in [0, 0.1) is 13.0 Å². The maximum atomic E-state index is 13.3. The zero-order valence-corrected chi connectivity index (χ0v) is 12.2. The SMILES string of the molecule is Cc1ccc(S(=O)(=O)n2cnc3c(Cl)nc(F)nc32)cc1. The Hall–Kier alpha value is -2.06. The van der Waals surface area contributed by atoms with E-state index in [1.54, 1.807) is 12.1 Å². The van der Waals surface area contributed by atoms with Crippen LogP contribution in [-0.4, -0.2) is 27.3 Å². The number of aromatic nitrogens is 4. The fraction of sp³-hybridized carbons (Fsp3) is 0.0833. The Balaban J connectivity index is 2.27. The lowest BCUT2D eigenvalue weighted by Gasteiger charge is -2.06. The van der Waals surface area contributed by atoms with Gasteiger partial charge in [-0.05, 0) is 19.1 Å². The summed E-state index contributed by atoms with van der Waals surface area (Å²) in [6, 6.07) is 6.23. The van der Waals surface area contributed by atoms with E-state index in [2.05, 4.69) is 15.0 Å². The van der Waals surface area contributed by atoms with Crippen molar-refractivity contribution in [2.75, 3.05) is 0 Å². The lowest BCUT2D eigenvalue weighted by Crippen LogP contribution is -2.13. The maximum Gasteiger partial charge on any atom is 0.312 e. The molecule has 0 aliphatic carbocycles. The average Bonchev–Trinajstić information content (AvgIpc) is 2.83. The monoisotopic (exact) mass is 326 g/mol. The van der Waals surface area contributed by atoms with Gasteiger partial charge in [-0.25, -0.2) is 17.4 Å². The molecule has 0 spiro atoms. The smallest absolute Gasteiger partial charge is 0.231 e. The first kappa shape index (κ1) is 13.9. The molecule has 0 radical (unpaired) electrons. The molecule has 108 valence electrons. The summed E-state index contributed by atoms with van der Waals surface area (Å²) in [5, 5.41) is -0.240. The first-order valence-electron chi connectivity index (χ1n) is 5.78. The lowest BCUT2D eigenvalue weighted by atomic mass is 10.2. The largest absolute Gasteiger partial charge is 0.312 e. The summed E-state index contributed by atoms with van der Waals surface area (Å²) in [5.74, 6) is 0. The number of halogens is 2.